The van der Waals surface area contributed by atoms with E-state index < -0.39 is 6.43 Å². The van der Waals surface area contributed by atoms with Gasteiger partial charge in [-0.25, -0.2) is 13.8 Å². The van der Waals surface area contributed by atoms with E-state index in [1.165, 1.54) is 0 Å². The second-order valence-corrected chi connectivity index (χ2v) is 3.48. The smallest absolute Gasteiger partial charge is 0.241 e. The van der Waals surface area contributed by atoms with Crippen LogP contribution in [0.3, 0.4) is 0 Å². The van der Waals surface area contributed by atoms with E-state index in [4.69, 9.17) is 11.6 Å². The molecule has 72 valence electrons. The molecular weight excluding hydrogens is 263 g/mol. The van der Waals surface area contributed by atoms with Gasteiger partial charge in [0, 0.05) is 11.0 Å². The molecule has 0 aliphatic carbocycles. The van der Waals surface area contributed by atoms with Gasteiger partial charge in [0.25, 0.3) is 6.43 Å². The lowest BCUT2D eigenvalue weighted by atomic mass is 10.1. The Balaban J connectivity index is 3.30. The van der Waals surface area contributed by atoms with Gasteiger partial charge in [-0.1, -0.05) is 27.5 Å². The number of rotatable bonds is 2. The lowest BCUT2D eigenvalue weighted by molar-refractivity contribution is 0.150. The predicted octanol–water partition coefficient (Wildman–Crippen LogP) is 3.88. The Labute approximate surface area is 88.2 Å². The minimum absolute atomic E-state index is 0.107. The van der Waals surface area contributed by atoms with Crippen molar-refractivity contribution in [3.63, 3.8) is 0 Å². The molecule has 0 aromatic carbocycles. The van der Waals surface area contributed by atoms with Gasteiger partial charge in [-0.15, -0.1) is 0 Å². The largest absolute Gasteiger partial charge is 0.267 e. The quantitative estimate of drug-likeness (QED) is 0.587. The van der Waals surface area contributed by atoms with Crippen LogP contribution in [0.5, 0.6) is 0 Å². The molecule has 1 aromatic heterocycles. The Morgan fingerprint density at radius 2 is 2.23 bits per heavy atom. The molecule has 1 nitrogen and oxygen atoms in total. The van der Waals surface area contributed by atoms with E-state index in [1.54, 1.807) is 13.0 Å². The molecule has 13 heavy (non-hydrogen) atoms. The molecule has 1 rings (SSSR count). The molecule has 0 radical (unpaired) electrons. The van der Waals surface area contributed by atoms with Crippen LogP contribution in [-0.4, -0.2) is 4.98 Å². The fraction of sp³-hybridized carbons (Fsp3) is 0.375. The maximum Gasteiger partial charge on any atom is 0.267 e. The second kappa shape index (κ2) is 4.33. The molecule has 0 spiro atoms. The van der Waals surface area contributed by atoms with Crippen molar-refractivity contribution in [2.75, 3.05) is 0 Å². The number of aromatic nitrogens is 1. The maximum atomic E-state index is 12.5. The number of alkyl halides is 3. The summed E-state index contributed by atoms with van der Waals surface area (Å²) in [5.41, 5.74) is 0.959. The molecule has 1 aromatic rings. The summed E-state index contributed by atoms with van der Waals surface area (Å²) in [6.45, 7) is 1.72. The van der Waals surface area contributed by atoms with Gasteiger partial charge in [0.2, 0.25) is 0 Å². The highest BCUT2D eigenvalue weighted by atomic mass is 79.9. The summed E-state index contributed by atoms with van der Waals surface area (Å²) in [5, 5.41) is 0.250. The van der Waals surface area contributed by atoms with Crippen molar-refractivity contribution < 1.29 is 8.78 Å². The topological polar surface area (TPSA) is 12.9 Å². The van der Waals surface area contributed by atoms with Crippen LogP contribution in [0.2, 0.25) is 5.15 Å². The first kappa shape index (κ1) is 10.9. The van der Waals surface area contributed by atoms with E-state index in [-0.39, 0.29) is 10.7 Å². The normalized spacial score (nSPS) is 10.9. The lowest BCUT2D eigenvalue weighted by Gasteiger charge is -2.08. The number of hydrogen-bond donors (Lipinski definition) is 0. The van der Waals surface area contributed by atoms with Gasteiger partial charge in [0.15, 0.2) is 0 Å². The lowest BCUT2D eigenvalue weighted by Crippen LogP contribution is -1.97. The van der Waals surface area contributed by atoms with E-state index in [0.717, 1.165) is 0 Å². The summed E-state index contributed by atoms with van der Waals surface area (Å²) in [6.07, 6.45) is -2.58. The Hall–Kier alpha value is -0.220. The van der Waals surface area contributed by atoms with Crippen molar-refractivity contribution in [2.45, 2.75) is 18.7 Å². The van der Waals surface area contributed by atoms with Crippen molar-refractivity contribution in [1.82, 2.24) is 4.98 Å². The van der Waals surface area contributed by atoms with Crippen LogP contribution < -0.4 is 0 Å². The highest BCUT2D eigenvalue weighted by Crippen LogP contribution is 2.30. The minimum atomic E-state index is -2.58. The number of halogens is 4. The molecule has 0 amide bonds. The zero-order valence-electron chi connectivity index (χ0n) is 6.82. The van der Waals surface area contributed by atoms with Crippen LogP contribution >= 0.6 is 27.5 Å². The second-order valence-electron chi connectivity index (χ2n) is 2.56. The first-order valence-electron chi connectivity index (χ1n) is 3.56. The van der Waals surface area contributed by atoms with Gasteiger partial charge in [0.05, 0.1) is 5.56 Å². The average molecular weight is 271 g/mol. The number of hydrogen-bond acceptors (Lipinski definition) is 1. The van der Waals surface area contributed by atoms with Gasteiger partial charge in [-0.2, -0.15) is 0 Å². The molecular formula is C8H7BrClF2N. The van der Waals surface area contributed by atoms with Gasteiger partial charge < -0.3 is 0 Å². The van der Waals surface area contributed by atoms with Crippen molar-refractivity contribution in [2.24, 2.45) is 0 Å². The molecule has 0 saturated heterocycles. The highest BCUT2D eigenvalue weighted by Gasteiger charge is 2.17. The molecule has 1 heterocycles. The average Bonchev–Trinajstić information content (AvgIpc) is 2.01. The van der Waals surface area contributed by atoms with Crippen molar-refractivity contribution in [3.05, 3.63) is 28.0 Å². The third-order valence-electron chi connectivity index (χ3n) is 1.59. The molecule has 5 heteroatoms. The third kappa shape index (κ3) is 2.38. The Bertz CT molecular complexity index is 317. The zero-order valence-corrected chi connectivity index (χ0v) is 9.16. The maximum absolute atomic E-state index is 12.5. The monoisotopic (exact) mass is 269 g/mol. The first-order chi connectivity index (χ1) is 6.06. The molecule has 0 unspecified atom stereocenters. The van der Waals surface area contributed by atoms with E-state index in [9.17, 15) is 8.78 Å². The number of aryl methyl sites for hydroxylation is 1. The van der Waals surface area contributed by atoms with Crippen molar-refractivity contribution >= 4 is 27.5 Å². The Morgan fingerprint density at radius 3 is 2.69 bits per heavy atom. The molecule has 0 N–H and O–H groups in total. The fourth-order valence-corrected chi connectivity index (χ4v) is 1.85. The van der Waals surface area contributed by atoms with Crippen LogP contribution in [0.4, 0.5) is 8.78 Å². The van der Waals surface area contributed by atoms with Crippen LogP contribution in [0.25, 0.3) is 0 Å². The SMILES string of the molecule is Cc1cc(CBr)c(C(F)F)c(Cl)n1. The van der Waals surface area contributed by atoms with Crippen molar-refractivity contribution in [1.29, 1.82) is 0 Å². The molecule has 0 aliphatic heterocycles. The van der Waals surface area contributed by atoms with Gasteiger partial charge >= 0.3 is 0 Å². The number of pyridine rings is 1. The Morgan fingerprint density at radius 1 is 1.62 bits per heavy atom. The third-order valence-corrected chi connectivity index (χ3v) is 2.48. The van der Waals surface area contributed by atoms with E-state index in [1.807, 2.05) is 0 Å². The molecule has 0 atom stereocenters. The van der Waals surface area contributed by atoms with E-state index >= 15 is 0 Å². The zero-order chi connectivity index (χ0) is 10.0. The summed E-state index contributed by atoms with van der Waals surface area (Å²) in [5.74, 6) is 0. The molecule has 0 bridgehead atoms. The summed E-state index contributed by atoms with van der Waals surface area (Å²) in [7, 11) is 0. The van der Waals surface area contributed by atoms with E-state index in [2.05, 4.69) is 20.9 Å². The van der Waals surface area contributed by atoms with Crippen LogP contribution in [-0.2, 0) is 5.33 Å². The van der Waals surface area contributed by atoms with Gasteiger partial charge in [-0.05, 0) is 18.6 Å². The van der Waals surface area contributed by atoms with Gasteiger partial charge in [-0.3, -0.25) is 0 Å². The Kier molecular flexibility index (Phi) is 3.62. The predicted molar refractivity (Wildman–Crippen MR) is 51.6 cm³/mol. The molecule has 0 aliphatic rings. The highest BCUT2D eigenvalue weighted by molar-refractivity contribution is 9.08. The molecule has 0 saturated carbocycles. The van der Waals surface area contributed by atoms with Crippen LogP contribution in [0.15, 0.2) is 6.07 Å². The minimum Gasteiger partial charge on any atom is -0.241 e. The van der Waals surface area contributed by atoms with Crippen molar-refractivity contribution in [3.8, 4) is 0 Å². The van der Waals surface area contributed by atoms with Crippen LogP contribution in [0.1, 0.15) is 23.2 Å². The van der Waals surface area contributed by atoms with Crippen LogP contribution in [0, 0.1) is 6.92 Å². The van der Waals surface area contributed by atoms with Gasteiger partial charge in [0.1, 0.15) is 5.15 Å². The summed E-state index contributed by atoms with van der Waals surface area (Å²) in [6, 6.07) is 1.60. The first-order valence-corrected chi connectivity index (χ1v) is 5.06. The van der Waals surface area contributed by atoms with E-state index in [0.29, 0.717) is 16.6 Å². The number of nitrogens with zero attached hydrogens (tertiary/aromatic N) is 1. The summed E-state index contributed by atoms with van der Waals surface area (Å²) >= 11 is 8.72. The molecule has 0 fully saturated rings. The summed E-state index contributed by atoms with van der Waals surface area (Å²) in [4.78, 5) is 3.77. The standard InChI is InChI=1S/C8H7BrClF2N/c1-4-2-5(3-9)6(8(11)12)7(10)13-4/h2,8H,3H2,1H3. The fourth-order valence-electron chi connectivity index (χ4n) is 1.05. The summed E-state index contributed by atoms with van der Waals surface area (Å²) < 4.78 is 24.9.